The smallest absolute Gasteiger partial charge is 0.330 e. The number of hydrogen-bond acceptors (Lipinski definition) is 6. The highest BCUT2D eigenvalue weighted by Crippen LogP contribution is 2.32. The summed E-state index contributed by atoms with van der Waals surface area (Å²) in [4.78, 5) is 25.6. The molecule has 4 atom stereocenters. The van der Waals surface area contributed by atoms with Gasteiger partial charge in [-0.25, -0.2) is 4.79 Å². The number of hydrogen-bond donors (Lipinski definition) is 3. The highest BCUT2D eigenvalue weighted by Gasteiger charge is 2.21. The average Bonchev–Trinajstić information content (AvgIpc) is 1.67. The highest BCUT2D eigenvalue weighted by molar-refractivity contribution is 6.17. The second-order valence-corrected chi connectivity index (χ2v) is 24.2. The lowest BCUT2D eigenvalue weighted by atomic mass is 10.0. The van der Waals surface area contributed by atoms with Crippen molar-refractivity contribution in [2.24, 2.45) is 0 Å². The summed E-state index contributed by atoms with van der Waals surface area (Å²) in [5.74, 6) is 0.118. The van der Waals surface area contributed by atoms with Crippen molar-refractivity contribution < 1.29 is 24.2 Å². The molecule has 100 heavy (non-hydrogen) atoms. The van der Waals surface area contributed by atoms with Crippen molar-refractivity contribution >= 4 is 84.1 Å². The Balaban J connectivity index is 0.000000132. The van der Waals surface area contributed by atoms with Gasteiger partial charge in [0.05, 0.1) is 44.8 Å². The summed E-state index contributed by atoms with van der Waals surface area (Å²) >= 11 is 6.00. The molecule has 506 valence electrons. The molecule has 0 radical (unpaired) electrons. The summed E-state index contributed by atoms with van der Waals surface area (Å²) in [6.07, 6.45) is 16.6. The number of para-hydroxylation sites is 5. The van der Waals surface area contributed by atoms with Crippen LogP contribution in [0.5, 0.6) is 0 Å². The summed E-state index contributed by atoms with van der Waals surface area (Å²) in [5, 5.41) is 18.9. The summed E-state index contributed by atoms with van der Waals surface area (Å²) in [6, 6.07) is 105. The SMILES string of the molecule is CNCCC(c1ccccc1)n1ccc2ccccc21.COC(=O)/C=C/c1ccccc1.COC(=O)CC(c1ccccc1)n1ccc2ccccc21.ClCCC(c1ccccc1)n1ccc2ccccc21.OCCC(c1ccccc1)n1ccc2ccccc21.c1ccc2[nH]ccc2c1. The van der Waals surface area contributed by atoms with Crippen LogP contribution in [0.15, 0.2) is 340 Å². The number of aromatic amines is 1. The number of H-pyrrole nitrogens is 1. The van der Waals surface area contributed by atoms with E-state index in [4.69, 9.17) is 16.3 Å². The Hall–Kier alpha value is -11.2. The molecule has 0 aliphatic heterocycles. The number of ether oxygens (including phenoxy) is 2. The monoisotopic (exact) mass is 1340 g/mol. The molecule has 3 N–H and O–H groups in total. The number of aliphatic hydroxyl groups excluding tert-OH is 1. The number of aromatic nitrogens is 5. The lowest BCUT2D eigenvalue weighted by molar-refractivity contribution is -0.141. The first-order valence-corrected chi connectivity index (χ1v) is 34.5. The zero-order valence-corrected chi connectivity index (χ0v) is 57.7. The standard InChI is InChI=1S/C18H20N2.C18H17NO2.C17H16ClN.C17H17NO.C10H10O2.C8H7N/c1-19-13-11-18(15-7-3-2-4-8-15)20-14-12-16-9-5-6-10-17(16)20;1-21-18(20)13-17(14-7-3-2-4-8-14)19-12-11-15-9-5-6-10-16(15)19;18-12-10-17(14-6-2-1-3-7-14)19-13-11-15-8-4-5-9-16(15)19;19-13-11-17(14-6-2-1-3-7-14)18-12-10-15-8-4-5-9-16(15)18;1-12-10(11)8-7-9-5-3-2-4-6-9;1-2-4-8-7(3-1)5-6-9-8/h2-10,12,14,18-19H,11,13H2,1H3;2-12,17H,13H2,1H3;1-9,11,13,17H,10,12H2;1-10,12,17,19H,11,13H2;2-8H,1H3;1-6,9H/b;;;;8-7+;. The fraction of sp³-hybridized carbons (Fsp3) is 0.159. The molecule has 10 aromatic carbocycles. The molecule has 0 fully saturated rings. The molecule has 5 aromatic heterocycles. The Morgan fingerprint density at radius 2 is 0.770 bits per heavy atom. The lowest BCUT2D eigenvalue weighted by Crippen LogP contribution is -2.17. The largest absolute Gasteiger partial charge is 0.469 e. The molecule has 0 aliphatic rings. The normalized spacial score (nSPS) is 12.1. The van der Waals surface area contributed by atoms with Crippen molar-refractivity contribution in [1.82, 2.24) is 28.6 Å². The molecule has 11 nitrogen and oxygen atoms in total. The van der Waals surface area contributed by atoms with Gasteiger partial charge < -0.3 is 43.1 Å². The van der Waals surface area contributed by atoms with Gasteiger partial charge in [0.25, 0.3) is 0 Å². The van der Waals surface area contributed by atoms with Crippen molar-refractivity contribution in [2.75, 3.05) is 40.3 Å². The first-order valence-electron chi connectivity index (χ1n) is 33.9. The fourth-order valence-corrected chi connectivity index (χ4v) is 12.7. The second-order valence-electron chi connectivity index (χ2n) is 23.8. The van der Waals surface area contributed by atoms with Gasteiger partial charge in [-0.2, -0.15) is 0 Å². The maximum Gasteiger partial charge on any atom is 0.330 e. The molecule has 0 aliphatic carbocycles. The number of benzene rings is 10. The van der Waals surface area contributed by atoms with Crippen molar-refractivity contribution in [3.63, 3.8) is 0 Å². The summed E-state index contributed by atoms with van der Waals surface area (Å²) < 4.78 is 18.4. The average molecular weight is 1340 g/mol. The second kappa shape index (κ2) is 38.1. The third kappa shape index (κ3) is 19.5. The van der Waals surface area contributed by atoms with E-state index in [9.17, 15) is 14.7 Å². The van der Waals surface area contributed by atoms with E-state index in [0.717, 1.165) is 42.5 Å². The van der Waals surface area contributed by atoms with Crippen molar-refractivity contribution in [3.05, 3.63) is 368 Å². The molecule has 0 saturated heterocycles. The van der Waals surface area contributed by atoms with Crippen LogP contribution in [0.1, 0.15) is 77.7 Å². The third-order valence-corrected chi connectivity index (χ3v) is 17.7. The molecule has 15 aromatic rings. The Morgan fingerprint density at radius 1 is 0.420 bits per heavy atom. The molecule has 15 rings (SSSR count). The highest BCUT2D eigenvalue weighted by atomic mass is 35.5. The van der Waals surface area contributed by atoms with Crippen LogP contribution in [0.2, 0.25) is 0 Å². The number of nitrogens with one attached hydrogen (secondary N) is 2. The van der Waals surface area contributed by atoms with Gasteiger partial charge >= 0.3 is 11.9 Å². The number of halogens is 1. The molecule has 12 heteroatoms. The molecule has 0 spiro atoms. The number of alkyl halides is 1. The van der Waals surface area contributed by atoms with Gasteiger partial charge in [0.2, 0.25) is 0 Å². The molecular formula is C88H87ClN6O5. The van der Waals surface area contributed by atoms with Gasteiger partial charge in [-0.1, -0.05) is 243 Å². The molecule has 4 unspecified atom stereocenters. The lowest BCUT2D eigenvalue weighted by Gasteiger charge is -2.21. The molecule has 5 heterocycles. The maximum absolute atomic E-state index is 11.8. The van der Waals surface area contributed by atoms with E-state index in [1.807, 2.05) is 123 Å². The van der Waals surface area contributed by atoms with E-state index in [0.29, 0.717) is 24.4 Å². The topological polar surface area (TPSA) is 120 Å². The van der Waals surface area contributed by atoms with Crippen LogP contribution in [0.4, 0.5) is 0 Å². The predicted octanol–water partition coefficient (Wildman–Crippen LogP) is 20.1. The van der Waals surface area contributed by atoms with E-state index in [-0.39, 0.29) is 30.6 Å². The molecule has 0 saturated carbocycles. The quantitative estimate of drug-likeness (QED) is 0.0421. The number of carbonyl (C=O) groups excluding carboxylic acids is 2. The van der Waals surface area contributed by atoms with E-state index >= 15 is 0 Å². The Labute approximate surface area is 591 Å². The molecule has 0 bridgehead atoms. The predicted molar refractivity (Wildman–Crippen MR) is 414 cm³/mol. The van der Waals surface area contributed by atoms with Gasteiger partial charge in [-0.15, -0.1) is 11.6 Å². The number of rotatable bonds is 19. The van der Waals surface area contributed by atoms with E-state index < -0.39 is 0 Å². The third-order valence-electron chi connectivity index (χ3n) is 17.5. The van der Waals surface area contributed by atoms with Crippen LogP contribution in [-0.4, -0.2) is 80.6 Å². The van der Waals surface area contributed by atoms with Crippen LogP contribution in [0.25, 0.3) is 60.6 Å². The first-order chi connectivity index (χ1) is 49.3. The number of nitrogens with zero attached hydrogens (tertiary/aromatic N) is 4. The minimum atomic E-state index is -0.334. The van der Waals surface area contributed by atoms with Crippen LogP contribution in [0, 0.1) is 0 Å². The van der Waals surface area contributed by atoms with E-state index in [2.05, 4.69) is 252 Å². The zero-order chi connectivity index (χ0) is 69.5. The Kier molecular flexibility index (Phi) is 27.2. The van der Waals surface area contributed by atoms with Gasteiger partial charge in [0, 0.05) is 77.1 Å². The van der Waals surface area contributed by atoms with Crippen LogP contribution in [-0.2, 0) is 19.1 Å². The van der Waals surface area contributed by atoms with Crippen molar-refractivity contribution in [1.29, 1.82) is 0 Å². The van der Waals surface area contributed by atoms with Crippen LogP contribution in [0.3, 0.4) is 0 Å². The number of esters is 2. The first kappa shape index (κ1) is 71.6. The minimum Gasteiger partial charge on any atom is -0.469 e. The van der Waals surface area contributed by atoms with E-state index in [1.165, 1.54) is 86.0 Å². The van der Waals surface area contributed by atoms with Crippen LogP contribution >= 0.6 is 11.6 Å². The fourth-order valence-electron chi connectivity index (χ4n) is 12.5. The summed E-state index contributed by atoms with van der Waals surface area (Å²) in [5.41, 5.74) is 12.1. The molecular weight excluding hydrogens is 1260 g/mol. The Bertz CT molecular complexity index is 4740. The summed E-state index contributed by atoms with van der Waals surface area (Å²) in [7, 11) is 4.80. The molecule has 0 amide bonds. The number of carbonyl (C=O) groups is 2. The summed E-state index contributed by atoms with van der Waals surface area (Å²) in [6.45, 7) is 1.19. The zero-order valence-electron chi connectivity index (χ0n) is 56.9. The van der Waals surface area contributed by atoms with Gasteiger partial charge in [-0.3, -0.25) is 4.79 Å². The van der Waals surface area contributed by atoms with Crippen LogP contribution < -0.4 is 5.32 Å². The number of aliphatic hydroxyl groups is 1. The van der Waals surface area contributed by atoms with Crippen molar-refractivity contribution in [2.45, 2.75) is 49.9 Å². The number of methoxy groups -OCH3 is 2. The Morgan fingerprint density at radius 3 is 1.15 bits per heavy atom. The minimum absolute atomic E-state index is 0.0569. The van der Waals surface area contributed by atoms with Crippen molar-refractivity contribution in [3.8, 4) is 0 Å². The van der Waals surface area contributed by atoms with E-state index in [1.54, 1.807) is 6.08 Å². The number of fused-ring (bicyclic) bond motifs is 5. The van der Waals surface area contributed by atoms with Gasteiger partial charge in [0.1, 0.15) is 0 Å². The van der Waals surface area contributed by atoms with Gasteiger partial charge in [0.15, 0.2) is 0 Å². The maximum atomic E-state index is 11.8. The van der Waals surface area contributed by atoms with Gasteiger partial charge in [-0.05, 0) is 154 Å².